The highest BCUT2D eigenvalue weighted by molar-refractivity contribution is 5.95. The van der Waals surface area contributed by atoms with Gasteiger partial charge >= 0.3 is 6.03 Å². The summed E-state index contributed by atoms with van der Waals surface area (Å²) in [5.74, 6) is 0.810. The minimum atomic E-state index is -0.111. The van der Waals surface area contributed by atoms with Crippen molar-refractivity contribution in [2.75, 3.05) is 38.6 Å². The van der Waals surface area contributed by atoms with Crippen molar-refractivity contribution >= 4 is 17.8 Å². The van der Waals surface area contributed by atoms with E-state index in [2.05, 4.69) is 4.98 Å². The number of amides is 3. The Morgan fingerprint density at radius 2 is 2.14 bits per heavy atom. The maximum Gasteiger partial charge on any atom is 0.319 e. The van der Waals surface area contributed by atoms with Gasteiger partial charge in [-0.15, -0.1) is 0 Å². The van der Waals surface area contributed by atoms with Crippen molar-refractivity contribution in [3.63, 3.8) is 0 Å². The van der Waals surface area contributed by atoms with Gasteiger partial charge in [-0.3, -0.25) is 9.69 Å². The van der Waals surface area contributed by atoms with Crippen molar-refractivity contribution in [1.29, 1.82) is 0 Å². The Morgan fingerprint density at radius 1 is 1.33 bits per heavy atom. The predicted molar refractivity (Wildman–Crippen MR) is 78.9 cm³/mol. The average Bonchev–Trinajstić information content (AvgIpc) is 3.03. The first-order valence-corrected chi connectivity index (χ1v) is 7.18. The summed E-state index contributed by atoms with van der Waals surface area (Å²) >= 11 is 0. The second-order valence-electron chi connectivity index (χ2n) is 6.19. The minimum absolute atomic E-state index is 0.0237. The van der Waals surface area contributed by atoms with Gasteiger partial charge in [-0.2, -0.15) is 0 Å². The molecule has 0 bridgehead atoms. The zero-order chi connectivity index (χ0) is 15.0. The lowest BCUT2D eigenvalue weighted by molar-refractivity contribution is -0.117. The summed E-state index contributed by atoms with van der Waals surface area (Å²) in [6.45, 7) is 2.03. The smallest absolute Gasteiger partial charge is 0.319 e. The number of aromatic nitrogens is 1. The number of nitrogens with zero attached hydrogens (tertiary/aromatic N) is 4. The molecular formula is C15H20N4O2. The molecule has 1 aromatic heterocycles. The van der Waals surface area contributed by atoms with E-state index < -0.39 is 0 Å². The van der Waals surface area contributed by atoms with Crippen molar-refractivity contribution in [3.8, 4) is 0 Å². The summed E-state index contributed by atoms with van der Waals surface area (Å²) in [4.78, 5) is 33.8. The van der Waals surface area contributed by atoms with Crippen LogP contribution < -0.4 is 4.90 Å². The van der Waals surface area contributed by atoms with Gasteiger partial charge in [0.1, 0.15) is 5.82 Å². The van der Waals surface area contributed by atoms with Crippen LogP contribution >= 0.6 is 0 Å². The predicted octanol–water partition coefficient (Wildman–Crippen LogP) is 1.19. The van der Waals surface area contributed by atoms with Crippen LogP contribution in [0, 0.1) is 5.41 Å². The van der Waals surface area contributed by atoms with Gasteiger partial charge in [-0.1, -0.05) is 6.07 Å². The number of urea groups is 1. The first-order chi connectivity index (χ1) is 10.0. The van der Waals surface area contributed by atoms with E-state index in [9.17, 15) is 9.59 Å². The number of carbonyl (C=O) groups is 2. The first kappa shape index (κ1) is 13.9. The van der Waals surface area contributed by atoms with Crippen molar-refractivity contribution in [3.05, 3.63) is 24.4 Å². The monoisotopic (exact) mass is 288 g/mol. The van der Waals surface area contributed by atoms with E-state index in [1.165, 1.54) is 0 Å². The SMILES string of the molecule is CN(C)C(=O)N1CCC2(CC(=O)N(c3ccccn3)C2)C1. The van der Waals surface area contributed by atoms with Crippen LogP contribution in [0.5, 0.6) is 0 Å². The van der Waals surface area contributed by atoms with E-state index in [-0.39, 0.29) is 17.4 Å². The Balaban J connectivity index is 1.75. The lowest BCUT2D eigenvalue weighted by Gasteiger charge is -2.25. The summed E-state index contributed by atoms with van der Waals surface area (Å²) in [5, 5.41) is 0. The molecule has 1 atom stereocenters. The second kappa shape index (κ2) is 5.02. The third-order valence-corrected chi connectivity index (χ3v) is 4.34. The first-order valence-electron chi connectivity index (χ1n) is 7.18. The van der Waals surface area contributed by atoms with Gasteiger partial charge in [0.05, 0.1) is 0 Å². The molecule has 112 valence electrons. The molecular weight excluding hydrogens is 268 g/mol. The van der Waals surface area contributed by atoms with Crippen LogP contribution in [0.3, 0.4) is 0 Å². The number of hydrogen-bond acceptors (Lipinski definition) is 3. The molecule has 3 rings (SSSR count). The van der Waals surface area contributed by atoms with E-state index in [0.29, 0.717) is 25.3 Å². The zero-order valence-electron chi connectivity index (χ0n) is 12.5. The quantitative estimate of drug-likeness (QED) is 0.780. The standard InChI is InChI=1S/C15H20N4O2/c1-17(2)14(21)18-8-6-15(10-18)9-13(20)19(11-15)12-5-3-4-7-16-12/h3-5,7H,6,8-11H2,1-2H3. The summed E-state index contributed by atoms with van der Waals surface area (Å²) in [7, 11) is 3.51. The summed E-state index contributed by atoms with van der Waals surface area (Å²) in [5.41, 5.74) is -0.111. The third kappa shape index (κ3) is 2.46. The Morgan fingerprint density at radius 3 is 2.81 bits per heavy atom. The van der Waals surface area contributed by atoms with Gasteiger partial charge in [0.15, 0.2) is 0 Å². The van der Waals surface area contributed by atoms with E-state index in [1.54, 1.807) is 30.1 Å². The Labute approximate surface area is 124 Å². The molecule has 2 saturated heterocycles. The maximum absolute atomic E-state index is 12.3. The molecule has 3 amide bonds. The van der Waals surface area contributed by atoms with Crippen LogP contribution in [0.4, 0.5) is 10.6 Å². The zero-order valence-corrected chi connectivity index (χ0v) is 12.5. The largest absolute Gasteiger partial charge is 0.331 e. The Hall–Kier alpha value is -2.11. The van der Waals surface area contributed by atoms with Crippen LogP contribution in [-0.4, -0.2) is 60.5 Å². The summed E-state index contributed by atoms with van der Waals surface area (Å²) in [6.07, 6.45) is 3.08. The third-order valence-electron chi connectivity index (χ3n) is 4.34. The minimum Gasteiger partial charge on any atom is -0.331 e. The summed E-state index contributed by atoms with van der Waals surface area (Å²) in [6, 6.07) is 5.61. The van der Waals surface area contributed by atoms with Crippen LogP contribution in [0.25, 0.3) is 0 Å². The molecule has 2 fully saturated rings. The molecule has 1 spiro atoms. The highest BCUT2D eigenvalue weighted by Crippen LogP contribution is 2.41. The van der Waals surface area contributed by atoms with Crippen LogP contribution in [0.15, 0.2) is 24.4 Å². The molecule has 0 aliphatic carbocycles. The van der Waals surface area contributed by atoms with Crippen molar-refractivity contribution < 1.29 is 9.59 Å². The average molecular weight is 288 g/mol. The van der Waals surface area contributed by atoms with E-state index >= 15 is 0 Å². The normalized spacial score (nSPS) is 25.0. The molecule has 6 heteroatoms. The van der Waals surface area contributed by atoms with E-state index in [4.69, 9.17) is 0 Å². The van der Waals surface area contributed by atoms with Gasteiger partial charge in [-0.05, 0) is 18.6 Å². The Kier molecular flexibility index (Phi) is 3.31. The molecule has 2 aliphatic heterocycles. The van der Waals surface area contributed by atoms with Crippen LogP contribution in [0.1, 0.15) is 12.8 Å². The number of pyridine rings is 1. The second-order valence-corrected chi connectivity index (χ2v) is 6.19. The molecule has 0 saturated carbocycles. The molecule has 6 nitrogen and oxygen atoms in total. The van der Waals surface area contributed by atoms with Crippen molar-refractivity contribution in [1.82, 2.24) is 14.8 Å². The van der Waals surface area contributed by atoms with Crippen molar-refractivity contribution in [2.45, 2.75) is 12.8 Å². The molecule has 3 heterocycles. The number of rotatable bonds is 1. The van der Waals surface area contributed by atoms with Crippen LogP contribution in [0.2, 0.25) is 0 Å². The lowest BCUT2D eigenvalue weighted by atomic mass is 9.86. The molecule has 2 aliphatic rings. The lowest BCUT2D eigenvalue weighted by Crippen LogP contribution is -2.39. The Bertz CT molecular complexity index is 560. The number of carbonyl (C=O) groups excluding carboxylic acids is 2. The van der Waals surface area contributed by atoms with Gasteiger partial charge in [-0.25, -0.2) is 9.78 Å². The van der Waals surface area contributed by atoms with Gasteiger partial charge in [0.2, 0.25) is 5.91 Å². The number of hydrogen-bond donors (Lipinski definition) is 0. The topological polar surface area (TPSA) is 56.8 Å². The fourth-order valence-corrected chi connectivity index (χ4v) is 3.27. The van der Waals surface area contributed by atoms with Crippen molar-refractivity contribution in [2.24, 2.45) is 5.41 Å². The maximum atomic E-state index is 12.3. The van der Waals surface area contributed by atoms with Gasteiger partial charge in [0.25, 0.3) is 0 Å². The van der Waals surface area contributed by atoms with Crippen LogP contribution in [-0.2, 0) is 4.79 Å². The molecule has 1 unspecified atom stereocenters. The van der Waals surface area contributed by atoms with Gasteiger partial charge < -0.3 is 9.80 Å². The number of anilines is 1. The fourth-order valence-electron chi connectivity index (χ4n) is 3.27. The summed E-state index contributed by atoms with van der Waals surface area (Å²) < 4.78 is 0. The number of likely N-dealkylation sites (tertiary alicyclic amines) is 1. The van der Waals surface area contributed by atoms with E-state index in [1.807, 2.05) is 23.1 Å². The highest BCUT2D eigenvalue weighted by atomic mass is 16.2. The molecule has 0 N–H and O–H groups in total. The van der Waals surface area contributed by atoms with E-state index in [0.717, 1.165) is 13.0 Å². The molecule has 0 radical (unpaired) electrons. The molecule has 0 aromatic carbocycles. The highest BCUT2D eigenvalue weighted by Gasteiger charge is 2.49. The molecule has 1 aromatic rings. The fraction of sp³-hybridized carbons (Fsp3) is 0.533. The molecule has 21 heavy (non-hydrogen) atoms. The van der Waals surface area contributed by atoms with Gasteiger partial charge in [0, 0.05) is 51.8 Å².